The molecule has 0 bridgehead atoms. The Balaban J connectivity index is 1.61. The number of likely N-dealkylation sites (tertiary alicyclic amines) is 1. The van der Waals surface area contributed by atoms with Gasteiger partial charge in [-0.1, -0.05) is 12.1 Å². The van der Waals surface area contributed by atoms with Crippen molar-refractivity contribution in [1.82, 2.24) is 15.1 Å². The van der Waals surface area contributed by atoms with Crippen molar-refractivity contribution in [3.8, 4) is 0 Å². The van der Waals surface area contributed by atoms with E-state index < -0.39 is 23.8 Å². The van der Waals surface area contributed by atoms with E-state index in [0.717, 1.165) is 36.4 Å². The van der Waals surface area contributed by atoms with Gasteiger partial charge in [0.15, 0.2) is 0 Å². The molecule has 2 saturated heterocycles. The Morgan fingerprint density at radius 1 is 0.966 bits per heavy atom. The van der Waals surface area contributed by atoms with Crippen molar-refractivity contribution in [1.29, 1.82) is 0 Å². The summed E-state index contributed by atoms with van der Waals surface area (Å²) in [4.78, 5) is 53.4. The van der Waals surface area contributed by atoms with E-state index >= 15 is 0 Å². The van der Waals surface area contributed by atoms with E-state index in [1.807, 2.05) is 12.1 Å². The van der Waals surface area contributed by atoms with Gasteiger partial charge in [0.1, 0.15) is 6.04 Å². The number of piperidine rings is 2. The van der Waals surface area contributed by atoms with E-state index in [2.05, 4.69) is 31.0 Å². The maximum absolute atomic E-state index is 13.3. The topological polar surface area (TPSA) is 86.8 Å². The van der Waals surface area contributed by atoms with Crippen LogP contribution in [0, 0.1) is 0 Å². The number of nitrogens with one attached hydrogen (secondary N) is 1. The van der Waals surface area contributed by atoms with Gasteiger partial charge in [0.25, 0.3) is 11.8 Å². The molecule has 4 amide bonds. The second-order valence-electron chi connectivity index (χ2n) is 9.15. The molecule has 3 heterocycles. The molecule has 0 radical (unpaired) electrons. The molecule has 4 rings (SSSR count). The van der Waals surface area contributed by atoms with Gasteiger partial charge in [-0.25, -0.2) is 0 Å². The van der Waals surface area contributed by atoms with Gasteiger partial charge in [0, 0.05) is 12.0 Å². The Hall–Kier alpha value is -2.54. The highest BCUT2D eigenvalue weighted by Crippen LogP contribution is 2.37. The number of rotatable bonds is 2. The van der Waals surface area contributed by atoms with Crippen LogP contribution in [0.4, 0.5) is 0 Å². The molecule has 154 valence electrons. The highest BCUT2D eigenvalue weighted by Gasteiger charge is 2.46. The van der Waals surface area contributed by atoms with Crippen LogP contribution in [0.1, 0.15) is 78.7 Å². The Labute approximate surface area is 170 Å². The lowest BCUT2D eigenvalue weighted by atomic mass is 9.84. The zero-order chi connectivity index (χ0) is 20.9. The molecule has 7 nitrogen and oxygen atoms in total. The van der Waals surface area contributed by atoms with Crippen LogP contribution in [0.25, 0.3) is 0 Å². The van der Waals surface area contributed by atoms with Gasteiger partial charge >= 0.3 is 0 Å². The molecule has 3 aliphatic heterocycles. The van der Waals surface area contributed by atoms with Crippen LogP contribution in [0.5, 0.6) is 0 Å². The number of hydrogen-bond donors (Lipinski definition) is 1. The molecule has 1 unspecified atom stereocenters. The maximum Gasteiger partial charge on any atom is 0.262 e. The highest BCUT2D eigenvalue weighted by molar-refractivity contribution is 6.24. The van der Waals surface area contributed by atoms with Gasteiger partial charge in [-0.05, 0) is 70.7 Å². The number of carbonyl (C=O) groups excluding carboxylic acids is 4. The summed E-state index contributed by atoms with van der Waals surface area (Å²) in [6, 6.07) is 4.50. The Morgan fingerprint density at radius 3 is 2.28 bits per heavy atom. The van der Waals surface area contributed by atoms with Crippen molar-refractivity contribution >= 4 is 23.6 Å². The summed E-state index contributed by atoms with van der Waals surface area (Å²) in [5.41, 5.74) is 1.83. The van der Waals surface area contributed by atoms with Gasteiger partial charge in [0.05, 0.1) is 11.1 Å². The van der Waals surface area contributed by atoms with E-state index in [1.54, 1.807) is 6.07 Å². The summed E-state index contributed by atoms with van der Waals surface area (Å²) in [5, 5.41) is 2.24. The fraction of sp³-hybridized carbons (Fsp3) is 0.545. The van der Waals surface area contributed by atoms with Crippen LogP contribution >= 0.6 is 0 Å². The molecule has 2 fully saturated rings. The van der Waals surface area contributed by atoms with Crippen molar-refractivity contribution in [3.05, 3.63) is 34.9 Å². The fourth-order valence-corrected chi connectivity index (χ4v) is 4.74. The predicted octanol–water partition coefficient (Wildman–Crippen LogP) is 2.07. The highest BCUT2D eigenvalue weighted by atomic mass is 16.2. The van der Waals surface area contributed by atoms with Crippen LogP contribution in [0.3, 0.4) is 0 Å². The lowest BCUT2D eigenvalue weighted by molar-refractivity contribution is -0.136. The van der Waals surface area contributed by atoms with Crippen molar-refractivity contribution in [3.63, 3.8) is 0 Å². The second-order valence-corrected chi connectivity index (χ2v) is 9.15. The molecule has 0 aliphatic carbocycles. The third kappa shape index (κ3) is 3.37. The Bertz CT molecular complexity index is 894. The minimum absolute atomic E-state index is 0.109. The molecule has 29 heavy (non-hydrogen) atoms. The standard InChI is InChI=1S/C22H27N3O4/c1-22(2,3)24-11-9-13(10-12-24)14-5-4-6-15-18(14)21(29)25(20(15)28)16-7-8-17(26)23-19(16)27/h4-6,13,16H,7-12H2,1-3H3,(H,23,26,27). The van der Waals surface area contributed by atoms with Gasteiger partial charge in [-0.3, -0.25) is 34.3 Å². The summed E-state index contributed by atoms with van der Waals surface area (Å²) in [6.45, 7) is 8.49. The molecule has 7 heteroatoms. The van der Waals surface area contributed by atoms with Crippen molar-refractivity contribution < 1.29 is 19.2 Å². The van der Waals surface area contributed by atoms with Crippen LogP contribution < -0.4 is 5.32 Å². The third-order valence-corrected chi connectivity index (χ3v) is 6.38. The number of benzene rings is 1. The average Bonchev–Trinajstić information content (AvgIpc) is 2.92. The number of amides is 4. The summed E-state index contributed by atoms with van der Waals surface area (Å²) < 4.78 is 0. The number of nitrogens with zero attached hydrogens (tertiary/aromatic N) is 2. The molecule has 1 N–H and O–H groups in total. The summed E-state index contributed by atoms with van der Waals surface area (Å²) in [5.74, 6) is -1.58. The summed E-state index contributed by atoms with van der Waals surface area (Å²) in [6.07, 6.45) is 2.15. The SMILES string of the molecule is CC(C)(C)N1CCC(c2cccc3c2C(=O)N(C2CCC(=O)NC2=O)C3=O)CC1. The monoisotopic (exact) mass is 397 g/mol. The first-order valence-electron chi connectivity index (χ1n) is 10.3. The zero-order valence-corrected chi connectivity index (χ0v) is 17.2. The van der Waals surface area contributed by atoms with Gasteiger partial charge in [-0.2, -0.15) is 0 Å². The van der Waals surface area contributed by atoms with Crippen molar-refractivity contribution in [2.75, 3.05) is 13.1 Å². The Kier molecular flexibility index (Phi) is 4.81. The number of carbonyl (C=O) groups is 4. The van der Waals surface area contributed by atoms with Gasteiger partial charge in [0.2, 0.25) is 11.8 Å². The molecule has 0 spiro atoms. The molecule has 1 atom stereocenters. The lowest BCUT2D eigenvalue weighted by Crippen LogP contribution is -2.54. The first-order valence-corrected chi connectivity index (χ1v) is 10.3. The molecule has 0 aromatic heterocycles. The second kappa shape index (κ2) is 7.06. The molecule has 3 aliphatic rings. The van der Waals surface area contributed by atoms with Crippen LogP contribution in [0.2, 0.25) is 0 Å². The molecule has 1 aromatic carbocycles. The van der Waals surface area contributed by atoms with Crippen LogP contribution in [-0.2, 0) is 9.59 Å². The molecule has 0 saturated carbocycles. The number of hydrogen-bond acceptors (Lipinski definition) is 5. The molecular formula is C22H27N3O4. The quantitative estimate of drug-likeness (QED) is 0.772. The Morgan fingerprint density at radius 2 is 1.66 bits per heavy atom. The zero-order valence-electron chi connectivity index (χ0n) is 17.2. The number of fused-ring (bicyclic) bond motifs is 1. The maximum atomic E-state index is 13.3. The first kappa shape index (κ1) is 19.8. The van der Waals surface area contributed by atoms with Crippen LogP contribution in [-0.4, -0.2) is 58.1 Å². The minimum atomic E-state index is -0.921. The number of imide groups is 2. The van der Waals surface area contributed by atoms with Crippen LogP contribution in [0.15, 0.2) is 18.2 Å². The van der Waals surface area contributed by atoms with Crippen molar-refractivity contribution in [2.45, 2.75) is 64.0 Å². The van der Waals surface area contributed by atoms with E-state index in [1.165, 1.54) is 0 Å². The molecule has 1 aromatic rings. The summed E-state index contributed by atoms with van der Waals surface area (Å²) in [7, 11) is 0. The van der Waals surface area contributed by atoms with E-state index in [9.17, 15) is 19.2 Å². The van der Waals surface area contributed by atoms with Gasteiger partial charge < -0.3 is 0 Å². The van der Waals surface area contributed by atoms with Crippen molar-refractivity contribution in [2.24, 2.45) is 0 Å². The average molecular weight is 397 g/mol. The third-order valence-electron chi connectivity index (χ3n) is 6.38. The predicted molar refractivity (Wildman–Crippen MR) is 106 cm³/mol. The minimum Gasteiger partial charge on any atom is -0.298 e. The van der Waals surface area contributed by atoms with E-state index in [-0.39, 0.29) is 30.2 Å². The van der Waals surface area contributed by atoms with E-state index in [4.69, 9.17) is 0 Å². The summed E-state index contributed by atoms with van der Waals surface area (Å²) >= 11 is 0. The normalized spacial score (nSPS) is 24.1. The fourth-order valence-electron chi connectivity index (χ4n) is 4.74. The lowest BCUT2D eigenvalue weighted by Gasteiger charge is -2.41. The smallest absolute Gasteiger partial charge is 0.262 e. The largest absolute Gasteiger partial charge is 0.298 e. The van der Waals surface area contributed by atoms with Gasteiger partial charge in [-0.15, -0.1) is 0 Å². The molecular weight excluding hydrogens is 370 g/mol. The first-order chi connectivity index (χ1) is 13.7. The van der Waals surface area contributed by atoms with E-state index in [0.29, 0.717) is 11.1 Å².